The fraction of sp³-hybridized carbons (Fsp3) is 0.333. The van der Waals surface area contributed by atoms with Crippen LogP contribution in [0.4, 0.5) is 10.5 Å². The van der Waals surface area contributed by atoms with E-state index in [0.717, 1.165) is 4.57 Å². The smallest absolute Gasteiger partial charge is 0.419 e. The molecule has 0 radical (unpaired) electrons. The van der Waals surface area contributed by atoms with Crippen molar-refractivity contribution in [1.29, 1.82) is 5.26 Å². The first-order valence-corrected chi connectivity index (χ1v) is 7.80. The Hall–Kier alpha value is -3.34. The zero-order valence-electron chi connectivity index (χ0n) is 15.0. The number of nitrogens with zero attached hydrogens (tertiary/aromatic N) is 2. The second-order valence-electron chi connectivity index (χ2n) is 6.49. The number of carbonyl (C=O) groups is 3. The third-order valence-corrected chi connectivity index (χ3v) is 3.30. The van der Waals surface area contributed by atoms with E-state index < -0.39 is 23.6 Å². The van der Waals surface area contributed by atoms with Gasteiger partial charge < -0.3 is 14.8 Å². The van der Waals surface area contributed by atoms with Gasteiger partial charge in [-0.3, -0.25) is 4.79 Å². The summed E-state index contributed by atoms with van der Waals surface area (Å²) in [4.78, 5) is 36.3. The van der Waals surface area contributed by atoms with Crippen LogP contribution in [0.3, 0.4) is 0 Å². The minimum atomic E-state index is -0.764. The van der Waals surface area contributed by atoms with Gasteiger partial charge in [0.25, 0.3) is 0 Å². The molecule has 1 aromatic heterocycles. The van der Waals surface area contributed by atoms with Gasteiger partial charge in [0, 0.05) is 11.1 Å². The van der Waals surface area contributed by atoms with Crippen LogP contribution in [0.1, 0.15) is 37.7 Å². The minimum Gasteiger partial charge on any atom is -0.464 e. The van der Waals surface area contributed by atoms with Crippen molar-refractivity contribution in [3.05, 3.63) is 30.0 Å². The maximum absolute atomic E-state index is 12.6. The molecular weight excluding hydrogens is 338 g/mol. The van der Waals surface area contributed by atoms with Gasteiger partial charge in [0.05, 0.1) is 18.7 Å². The van der Waals surface area contributed by atoms with Crippen molar-refractivity contribution in [2.45, 2.75) is 32.8 Å². The first-order chi connectivity index (χ1) is 12.2. The van der Waals surface area contributed by atoms with Gasteiger partial charge in [0.1, 0.15) is 17.7 Å². The zero-order chi connectivity index (χ0) is 19.5. The number of anilines is 1. The molecule has 1 N–H and O–H groups in total. The largest absolute Gasteiger partial charge is 0.464 e. The molecule has 1 heterocycles. The van der Waals surface area contributed by atoms with Crippen molar-refractivity contribution in [3.8, 4) is 6.07 Å². The van der Waals surface area contributed by atoms with E-state index in [-0.39, 0.29) is 12.1 Å². The number of ether oxygens (including phenoxy) is 2. The fourth-order valence-corrected chi connectivity index (χ4v) is 2.31. The molecule has 8 heteroatoms. The molecule has 0 aliphatic rings. The summed E-state index contributed by atoms with van der Waals surface area (Å²) in [7, 11) is 1.22. The summed E-state index contributed by atoms with van der Waals surface area (Å²) in [5.74, 6) is -1.17. The van der Waals surface area contributed by atoms with E-state index in [1.165, 1.54) is 19.2 Å². The quantitative estimate of drug-likeness (QED) is 0.845. The van der Waals surface area contributed by atoms with Crippen molar-refractivity contribution >= 4 is 34.6 Å². The summed E-state index contributed by atoms with van der Waals surface area (Å²) in [5, 5.41) is 11.7. The number of methoxy groups -OCH3 is 1. The molecule has 0 saturated carbocycles. The van der Waals surface area contributed by atoms with Crippen LogP contribution < -0.4 is 5.32 Å². The maximum Gasteiger partial charge on any atom is 0.419 e. The zero-order valence-corrected chi connectivity index (χ0v) is 15.0. The number of fused-ring (bicyclic) bond motifs is 1. The normalized spacial score (nSPS) is 10.9. The average molecular weight is 357 g/mol. The molecule has 136 valence electrons. The molecule has 2 aromatic rings. The van der Waals surface area contributed by atoms with Crippen molar-refractivity contribution in [3.63, 3.8) is 0 Å². The molecule has 8 nitrogen and oxygen atoms in total. The molecule has 0 saturated heterocycles. The van der Waals surface area contributed by atoms with E-state index >= 15 is 0 Å². The lowest BCUT2D eigenvalue weighted by Gasteiger charge is -2.20. The summed E-state index contributed by atoms with van der Waals surface area (Å²) in [6.45, 7) is 5.13. The predicted octanol–water partition coefficient (Wildman–Crippen LogP) is 3.06. The maximum atomic E-state index is 12.6. The summed E-state index contributed by atoms with van der Waals surface area (Å²) >= 11 is 0. The first kappa shape index (κ1) is 19.0. The van der Waals surface area contributed by atoms with E-state index in [4.69, 9.17) is 14.7 Å². The molecule has 0 bridgehead atoms. The number of hydrogen-bond donors (Lipinski definition) is 1. The first-order valence-electron chi connectivity index (χ1n) is 7.80. The second-order valence-corrected chi connectivity index (χ2v) is 6.49. The highest BCUT2D eigenvalue weighted by Gasteiger charge is 2.25. The number of esters is 1. The highest BCUT2D eigenvalue weighted by atomic mass is 16.6. The standard InChI is InChI=1S/C18H19N3O5/c1-18(2,3)26-17(24)21-13-10-12(20-15(22)7-8-19)6-5-11(13)9-14(21)16(23)25-4/h5-6,9-10H,7H2,1-4H3,(H,20,22). The van der Waals surface area contributed by atoms with Crippen LogP contribution in [0.15, 0.2) is 24.3 Å². The molecule has 0 unspecified atom stereocenters. The lowest BCUT2D eigenvalue weighted by molar-refractivity contribution is -0.115. The van der Waals surface area contributed by atoms with Gasteiger partial charge in [-0.25, -0.2) is 14.2 Å². The fourth-order valence-electron chi connectivity index (χ4n) is 2.31. The third kappa shape index (κ3) is 4.19. The number of carbonyl (C=O) groups excluding carboxylic acids is 3. The Morgan fingerprint density at radius 3 is 2.50 bits per heavy atom. The minimum absolute atomic E-state index is 0.0113. The molecule has 0 atom stereocenters. The van der Waals surface area contributed by atoms with Crippen molar-refractivity contribution in [1.82, 2.24) is 4.57 Å². The Kier molecular flexibility index (Phi) is 5.31. The number of nitrogens with one attached hydrogen (secondary N) is 1. The molecule has 1 aromatic carbocycles. The van der Waals surface area contributed by atoms with E-state index in [2.05, 4.69) is 5.32 Å². The van der Waals surface area contributed by atoms with Gasteiger partial charge in [-0.05, 0) is 39.0 Å². The molecule has 0 fully saturated rings. The van der Waals surface area contributed by atoms with Crippen LogP contribution in [0, 0.1) is 11.3 Å². The molecule has 2 rings (SSSR count). The molecule has 0 aliphatic heterocycles. The second kappa shape index (κ2) is 7.27. The number of benzene rings is 1. The molecule has 1 amide bonds. The SMILES string of the molecule is COC(=O)c1cc2ccc(NC(=O)CC#N)cc2n1C(=O)OC(C)(C)C. The predicted molar refractivity (Wildman–Crippen MR) is 93.8 cm³/mol. The number of hydrogen-bond acceptors (Lipinski definition) is 6. The Labute approximate surface area is 150 Å². The number of aromatic nitrogens is 1. The van der Waals surface area contributed by atoms with Gasteiger partial charge in [-0.2, -0.15) is 5.26 Å². The van der Waals surface area contributed by atoms with Gasteiger partial charge in [0.15, 0.2) is 0 Å². The van der Waals surface area contributed by atoms with Gasteiger partial charge in [-0.1, -0.05) is 6.07 Å². The number of amides is 1. The Morgan fingerprint density at radius 2 is 1.92 bits per heavy atom. The van der Waals surface area contributed by atoms with E-state index in [9.17, 15) is 14.4 Å². The van der Waals surface area contributed by atoms with Gasteiger partial charge in [-0.15, -0.1) is 0 Å². The highest BCUT2D eigenvalue weighted by molar-refractivity contribution is 6.03. The summed E-state index contributed by atoms with van der Waals surface area (Å²) < 4.78 is 11.2. The number of rotatable bonds is 3. The lowest BCUT2D eigenvalue weighted by Crippen LogP contribution is -2.29. The van der Waals surface area contributed by atoms with E-state index in [0.29, 0.717) is 16.6 Å². The third-order valence-electron chi connectivity index (χ3n) is 3.30. The Balaban J connectivity index is 2.56. The summed E-state index contributed by atoms with van der Waals surface area (Å²) in [5.41, 5.74) is 0.00315. The highest BCUT2D eigenvalue weighted by Crippen LogP contribution is 2.25. The lowest BCUT2D eigenvalue weighted by atomic mass is 10.2. The van der Waals surface area contributed by atoms with Crippen molar-refractivity contribution in [2.75, 3.05) is 12.4 Å². The molecular formula is C18H19N3O5. The van der Waals surface area contributed by atoms with E-state index in [1.54, 1.807) is 39.0 Å². The van der Waals surface area contributed by atoms with Gasteiger partial charge in [0.2, 0.25) is 5.91 Å². The van der Waals surface area contributed by atoms with E-state index in [1.807, 2.05) is 0 Å². The Bertz CT molecular complexity index is 915. The topological polar surface area (TPSA) is 110 Å². The summed E-state index contributed by atoms with van der Waals surface area (Å²) in [6.07, 6.45) is -1.04. The van der Waals surface area contributed by atoms with Crippen LogP contribution >= 0.6 is 0 Å². The van der Waals surface area contributed by atoms with Crippen molar-refractivity contribution < 1.29 is 23.9 Å². The van der Waals surface area contributed by atoms with Crippen LogP contribution in [-0.4, -0.2) is 35.2 Å². The van der Waals surface area contributed by atoms with Crippen LogP contribution in [0.25, 0.3) is 10.9 Å². The van der Waals surface area contributed by atoms with Crippen molar-refractivity contribution in [2.24, 2.45) is 0 Å². The van der Waals surface area contributed by atoms with Crippen LogP contribution in [0.5, 0.6) is 0 Å². The summed E-state index contributed by atoms with van der Waals surface area (Å²) in [6, 6.07) is 8.04. The van der Waals surface area contributed by atoms with Crippen LogP contribution in [0.2, 0.25) is 0 Å². The Morgan fingerprint density at radius 1 is 1.23 bits per heavy atom. The van der Waals surface area contributed by atoms with Gasteiger partial charge >= 0.3 is 12.1 Å². The van der Waals surface area contributed by atoms with Crippen LogP contribution in [-0.2, 0) is 14.3 Å². The average Bonchev–Trinajstić information content (AvgIpc) is 2.91. The molecule has 0 spiro atoms. The molecule has 0 aliphatic carbocycles. The number of nitriles is 1. The molecule has 26 heavy (non-hydrogen) atoms. The monoisotopic (exact) mass is 357 g/mol.